The van der Waals surface area contributed by atoms with E-state index in [0.717, 1.165) is 32.2 Å². The lowest BCUT2D eigenvalue weighted by Gasteiger charge is -2.40. The Kier molecular flexibility index (Phi) is 7.30. The molecule has 6 nitrogen and oxygen atoms in total. The number of ether oxygens (including phenoxy) is 2. The van der Waals surface area contributed by atoms with Gasteiger partial charge in [0, 0.05) is 44.5 Å². The summed E-state index contributed by atoms with van der Waals surface area (Å²) in [4.78, 5) is 21.6. The average Bonchev–Trinajstić information content (AvgIpc) is 2.71. The van der Waals surface area contributed by atoms with E-state index in [-0.39, 0.29) is 11.5 Å². The van der Waals surface area contributed by atoms with Crippen molar-refractivity contribution in [1.29, 1.82) is 0 Å². The first-order valence-electron chi connectivity index (χ1n) is 10.7. The molecule has 1 aromatic rings. The molecule has 0 spiro atoms. The number of aromatic nitrogens is 1. The zero-order chi connectivity index (χ0) is 20.0. The lowest BCUT2D eigenvalue weighted by atomic mass is 9.94. The maximum Gasteiger partial charge on any atom is 0.255 e. The second kappa shape index (κ2) is 9.70. The van der Waals surface area contributed by atoms with E-state index in [1.54, 1.807) is 12.3 Å². The van der Waals surface area contributed by atoms with Gasteiger partial charge in [0.1, 0.15) is 6.61 Å². The second-order valence-corrected chi connectivity index (χ2v) is 8.81. The van der Waals surface area contributed by atoms with Crippen LogP contribution in [-0.2, 0) is 4.74 Å². The van der Waals surface area contributed by atoms with E-state index in [9.17, 15) is 4.79 Å². The number of nitrogens with zero attached hydrogens (tertiary/aromatic N) is 3. The lowest BCUT2D eigenvalue weighted by molar-refractivity contribution is -0.0168. The Labute approximate surface area is 169 Å². The van der Waals surface area contributed by atoms with Crippen molar-refractivity contribution in [3.63, 3.8) is 0 Å². The van der Waals surface area contributed by atoms with Gasteiger partial charge < -0.3 is 14.4 Å². The third kappa shape index (κ3) is 6.17. The molecule has 1 aromatic heterocycles. The molecule has 1 saturated carbocycles. The maximum atomic E-state index is 12.8. The van der Waals surface area contributed by atoms with Gasteiger partial charge in [0.2, 0.25) is 5.88 Å². The van der Waals surface area contributed by atoms with Gasteiger partial charge in [-0.2, -0.15) is 0 Å². The van der Waals surface area contributed by atoms with Crippen molar-refractivity contribution in [2.24, 2.45) is 0 Å². The van der Waals surface area contributed by atoms with Crippen molar-refractivity contribution in [3.05, 3.63) is 23.9 Å². The molecule has 2 aliphatic rings. The molecule has 0 atom stereocenters. The molecule has 0 unspecified atom stereocenters. The second-order valence-electron chi connectivity index (χ2n) is 8.81. The highest BCUT2D eigenvalue weighted by molar-refractivity contribution is 5.94. The largest absolute Gasteiger partial charge is 0.475 e. The number of pyridine rings is 1. The van der Waals surface area contributed by atoms with E-state index >= 15 is 0 Å². The molecule has 6 heteroatoms. The van der Waals surface area contributed by atoms with Crippen molar-refractivity contribution in [2.45, 2.75) is 64.5 Å². The van der Waals surface area contributed by atoms with Gasteiger partial charge in [0.25, 0.3) is 5.91 Å². The van der Waals surface area contributed by atoms with Crippen LogP contribution in [0.3, 0.4) is 0 Å². The normalized spacial score (nSPS) is 19.6. The van der Waals surface area contributed by atoms with Crippen LogP contribution in [0.2, 0.25) is 0 Å². The molecule has 1 saturated heterocycles. The molecule has 156 valence electrons. The Balaban J connectivity index is 1.43. The summed E-state index contributed by atoms with van der Waals surface area (Å²) >= 11 is 0. The van der Waals surface area contributed by atoms with Crippen LogP contribution in [0.4, 0.5) is 0 Å². The lowest BCUT2D eigenvalue weighted by Crippen LogP contribution is -2.52. The zero-order valence-corrected chi connectivity index (χ0v) is 17.7. The molecule has 1 aliphatic carbocycles. The van der Waals surface area contributed by atoms with Crippen LogP contribution in [0, 0.1) is 0 Å². The van der Waals surface area contributed by atoms with Gasteiger partial charge in [-0.15, -0.1) is 0 Å². The number of amides is 1. The van der Waals surface area contributed by atoms with Crippen LogP contribution >= 0.6 is 0 Å². The molecular weight excluding hydrogens is 354 g/mol. The summed E-state index contributed by atoms with van der Waals surface area (Å²) in [6, 6.07) is 4.30. The van der Waals surface area contributed by atoms with Gasteiger partial charge in [-0.3, -0.25) is 9.69 Å². The first kappa shape index (κ1) is 21.1. The highest BCUT2D eigenvalue weighted by atomic mass is 16.5. The molecule has 0 radical (unpaired) electrons. The minimum Gasteiger partial charge on any atom is -0.475 e. The Bertz CT molecular complexity index is 613. The zero-order valence-electron chi connectivity index (χ0n) is 17.7. The van der Waals surface area contributed by atoms with E-state index < -0.39 is 0 Å². The molecule has 0 aromatic carbocycles. The van der Waals surface area contributed by atoms with E-state index in [4.69, 9.17) is 9.47 Å². The van der Waals surface area contributed by atoms with Gasteiger partial charge in [0.05, 0.1) is 17.8 Å². The van der Waals surface area contributed by atoms with Crippen LogP contribution < -0.4 is 4.74 Å². The van der Waals surface area contributed by atoms with E-state index in [0.29, 0.717) is 24.7 Å². The third-order valence-corrected chi connectivity index (χ3v) is 5.54. The van der Waals surface area contributed by atoms with Crippen molar-refractivity contribution in [3.8, 4) is 5.88 Å². The fourth-order valence-electron chi connectivity index (χ4n) is 4.01. The van der Waals surface area contributed by atoms with Crippen LogP contribution in [-0.4, -0.2) is 71.7 Å². The molecule has 2 fully saturated rings. The number of carbonyl (C=O) groups excluding carboxylic acids is 1. The van der Waals surface area contributed by atoms with Crippen molar-refractivity contribution in [1.82, 2.24) is 14.8 Å². The van der Waals surface area contributed by atoms with Crippen LogP contribution in [0.5, 0.6) is 5.88 Å². The van der Waals surface area contributed by atoms with Crippen molar-refractivity contribution >= 4 is 5.91 Å². The molecule has 0 bridgehead atoms. The summed E-state index contributed by atoms with van der Waals surface area (Å²) < 4.78 is 11.2. The highest BCUT2D eigenvalue weighted by Crippen LogP contribution is 2.24. The third-order valence-electron chi connectivity index (χ3n) is 5.54. The predicted octanol–water partition coefficient (Wildman–Crippen LogP) is 3.37. The number of hydrogen-bond donors (Lipinski definition) is 0. The Morgan fingerprint density at radius 2 is 1.79 bits per heavy atom. The van der Waals surface area contributed by atoms with Crippen LogP contribution in [0.1, 0.15) is 63.2 Å². The average molecular weight is 390 g/mol. The molecular formula is C22H35N3O3. The van der Waals surface area contributed by atoms with E-state index in [1.165, 1.54) is 32.1 Å². The summed E-state index contributed by atoms with van der Waals surface area (Å²) in [6.07, 6.45) is 8.35. The molecule has 1 aliphatic heterocycles. The summed E-state index contributed by atoms with van der Waals surface area (Å²) in [5, 5.41) is 0. The fraction of sp³-hybridized carbons (Fsp3) is 0.727. The highest BCUT2D eigenvalue weighted by Gasteiger charge is 2.27. The molecule has 28 heavy (non-hydrogen) atoms. The van der Waals surface area contributed by atoms with Gasteiger partial charge >= 0.3 is 0 Å². The standard InChI is InChI=1S/C22H35N3O3/c1-22(2,3)28-16-15-27-20-10-9-18(17-23-20)21(26)25-13-11-24(12-14-25)19-7-5-4-6-8-19/h9-10,17,19H,4-8,11-16H2,1-3H3. The van der Waals surface area contributed by atoms with Crippen molar-refractivity contribution in [2.75, 3.05) is 39.4 Å². The monoisotopic (exact) mass is 389 g/mol. The summed E-state index contributed by atoms with van der Waals surface area (Å²) in [7, 11) is 0. The topological polar surface area (TPSA) is 54.9 Å². The molecule has 3 rings (SSSR count). The number of rotatable bonds is 6. The Morgan fingerprint density at radius 3 is 2.39 bits per heavy atom. The smallest absolute Gasteiger partial charge is 0.255 e. The Hall–Kier alpha value is -1.66. The van der Waals surface area contributed by atoms with E-state index in [1.807, 2.05) is 31.7 Å². The minimum atomic E-state index is -0.173. The fourth-order valence-corrected chi connectivity index (χ4v) is 4.01. The van der Waals surface area contributed by atoms with Crippen molar-refractivity contribution < 1.29 is 14.3 Å². The molecule has 2 heterocycles. The number of carbonyl (C=O) groups is 1. The van der Waals surface area contributed by atoms with Gasteiger partial charge in [0.15, 0.2) is 0 Å². The van der Waals surface area contributed by atoms with Gasteiger partial charge in [-0.05, 0) is 39.7 Å². The first-order valence-corrected chi connectivity index (χ1v) is 10.7. The number of hydrogen-bond acceptors (Lipinski definition) is 5. The maximum absolute atomic E-state index is 12.8. The predicted molar refractivity (Wildman–Crippen MR) is 110 cm³/mol. The van der Waals surface area contributed by atoms with Gasteiger partial charge in [-0.25, -0.2) is 4.98 Å². The summed E-state index contributed by atoms with van der Waals surface area (Å²) in [6.45, 7) is 10.6. The summed E-state index contributed by atoms with van der Waals surface area (Å²) in [5.74, 6) is 0.592. The minimum absolute atomic E-state index is 0.0680. The van der Waals surface area contributed by atoms with E-state index in [2.05, 4.69) is 9.88 Å². The molecule has 1 amide bonds. The number of piperazine rings is 1. The van der Waals surface area contributed by atoms with Crippen LogP contribution in [0.25, 0.3) is 0 Å². The SMILES string of the molecule is CC(C)(C)OCCOc1ccc(C(=O)N2CCN(C3CCCCC3)CC2)cn1. The Morgan fingerprint density at radius 1 is 1.07 bits per heavy atom. The first-order chi connectivity index (χ1) is 13.4. The van der Waals surface area contributed by atoms with Crippen LogP contribution in [0.15, 0.2) is 18.3 Å². The molecule has 0 N–H and O–H groups in total. The quantitative estimate of drug-likeness (QED) is 0.698. The summed E-state index contributed by atoms with van der Waals surface area (Å²) in [5.41, 5.74) is 0.457. The van der Waals surface area contributed by atoms with Gasteiger partial charge in [-0.1, -0.05) is 19.3 Å².